The van der Waals surface area contributed by atoms with Crippen LogP contribution in [0.15, 0.2) is 42.5 Å². The monoisotopic (exact) mass is 285 g/mol. The highest BCUT2D eigenvalue weighted by molar-refractivity contribution is 5.90. The van der Waals surface area contributed by atoms with Crippen LogP contribution in [0, 0.1) is 22.7 Å². The summed E-state index contributed by atoms with van der Waals surface area (Å²) in [4.78, 5) is 2.24. The SMILES string of the molecule is CN1CCc2cc(/C=C(\C#N)c3ccc(C#N)cc3)ccc21. The Labute approximate surface area is 130 Å². The van der Waals surface area contributed by atoms with Gasteiger partial charge in [0.1, 0.15) is 0 Å². The van der Waals surface area contributed by atoms with Crippen LogP contribution in [0.4, 0.5) is 5.69 Å². The summed E-state index contributed by atoms with van der Waals surface area (Å²) in [5, 5.41) is 18.2. The molecule has 3 heteroatoms. The molecular weight excluding hydrogens is 270 g/mol. The Kier molecular flexibility index (Phi) is 3.64. The van der Waals surface area contributed by atoms with E-state index in [0.717, 1.165) is 24.1 Å². The van der Waals surface area contributed by atoms with E-state index in [1.807, 2.05) is 24.3 Å². The van der Waals surface area contributed by atoms with Crippen LogP contribution >= 0.6 is 0 Å². The smallest absolute Gasteiger partial charge is 0.0998 e. The molecule has 3 nitrogen and oxygen atoms in total. The third-order valence-corrected chi connectivity index (χ3v) is 3.99. The number of allylic oxidation sites excluding steroid dienone is 1. The Morgan fingerprint density at radius 1 is 1.14 bits per heavy atom. The standard InChI is InChI=1S/C19H15N3/c1-22-9-8-17-10-15(4-7-19(17)22)11-18(13-21)16-5-2-14(12-20)3-6-16/h2-7,10-11H,8-9H2,1H3/b18-11+. The maximum absolute atomic E-state index is 9.41. The first-order valence-corrected chi connectivity index (χ1v) is 7.17. The van der Waals surface area contributed by atoms with Gasteiger partial charge in [-0.2, -0.15) is 10.5 Å². The van der Waals surface area contributed by atoms with Crippen molar-refractivity contribution in [3.05, 3.63) is 64.7 Å². The van der Waals surface area contributed by atoms with E-state index in [4.69, 9.17) is 5.26 Å². The van der Waals surface area contributed by atoms with Gasteiger partial charge < -0.3 is 4.90 Å². The second-order valence-electron chi connectivity index (χ2n) is 5.42. The van der Waals surface area contributed by atoms with Crippen LogP contribution in [0.1, 0.15) is 22.3 Å². The molecule has 2 aromatic rings. The van der Waals surface area contributed by atoms with Gasteiger partial charge in [0.2, 0.25) is 0 Å². The van der Waals surface area contributed by atoms with Gasteiger partial charge in [0.05, 0.1) is 23.3 Å². The Hall–Kier alpha value is -3.04. The normalized spacial score (nSPS) is 13.4. The number of hydrogen-bond donors (Lipinski definition) is 0. The number of anilines is 1. The lowest BCUT2D eigenvalue weighted by Gasteiger charge is -2.11. The largest absolute Gasteiger partial charge is 0.374 e. The van der Waals surface area contributed by atoms with E-state index in [9.17, 15) is 5.26 Å². The molecule has 0 radical (unpaired) electrons. The Morgan fingerprint density at radius 2 is 1.91 bits per heavy atom. The zero-order chi connectivity index (χ0) is 15.5. The highest BCUT2D eigenvalue weighted by Crippen LogP contribution is 2.28. The molecule has 0 saturated heterocycles. The van der Waals surface area contributed by atoms with Crippen LogP contribution in [0.2, 0.25) is 0 Å². The Morgan fingerprint density at radius 3 is 2.59 bits per heavy atom. The predicted octanol–water partition coefficient (Wildman–Crippen LogP) is 3.61. The fourth-order valence-corrected chi connectivity index (χ4v) is 2.75. The van der Waals surface area contributed by atoms with Gasteiger partial charge in [-0.05, 0) is 53.5 Å². The molecule has 0 aromatic heterocycles. The van der Waals surface area contributed by atoms with E-state index in [2.05, 4.69) is 36.2 Å². The summed E-state index contributed by atoms with van der Waals surface area (Å²) in [7, 11) is 2.10. The van der Waals surface area contributed by atoms with E-state index in [0.29, 0.717) is 11.1 Å². The molecule has 1 aliphatic rings. The first-order valence-electron chi connectivity index (χ1n) is 7.17. The van der Waals surface area contributed by atoms with Crippen LogP contribution < -0.4 is 4.90 Å². The molecule has 1 aliphatic heterocycles. The van der Waals surface area contributed by atoms with Gasteiger partial charge in [-0.15, -0.1) is 0 Å². The van der Waals surface area contributed by atoms with Crippen molar-refractivity contribution in [3.63, 3.8) is 0 Å². The quantitative estimate of drug-likeness (QED) is 0.625. The van der Waals surface area contributed by atoms with Gasteiger partial charge in [-0.25, -0.2) is 0 Å². The summed E-state index contributed by atoms with van der Waals surface area (Å²) < 4.78 is 0. The Bertz CT molecular complexity index is 817. The number of fused-ring (bicyclic) bond motifs is 1. The second-order valence-corrected chi connectivity index (χ2v) is 5.42. The molecule has 0 atom stereocenters. The van der Waals surface area contributed by atoms with Crippen molar-refractivity contribution in [2.75, 3.05) is 18.5 Å². The van der Waals surface area contributed by atoms with Crippen molar-refractivity contribution in [3.8, 4) is 12.1 Å². The first kappa shape index (κ1) is 13.9. The third-order valence-electron chi connectivity index (χ3n) is 3.99. The molecule has 2 aromatic carbocycles. The van der Waals surface area contributed by atoms with E-state index in [1.165, 1.54) is 11.3 Å². The first-order chi connectivity index (χ1) is 10.7. The summed E-state index contributed by atoms with van der Waals surface area (Å²) in [5.74, 6) is 0. The van der Waals surface area contributed by atoms with Crippen molar-refractivity contribution in [1.82, 2.24) is 0 Å². The zero-order valence-corrected chi connectivity index (χ0v) is 12.4. The minimum absolute atomic E-state index is 0.599. The van der Waals surface area contributed by atoms with Gasteiger partial charge in [0.15, 0.2) is 0 Å². The molecule has 0 bridgehead atoms. The number of benzene rings is 2. The summed E-state index contributed by atoms with van der Waals surface area (Å²) in [6, 6.07) is 17.7. The van der Waals surface area contributed by atoms with Gasteiger partial charge in [-0.1, -0.05) is 18.2 Å². The van der Waals surface area contributed by atoms with E-state index in [1.54, 1.807) is 12.1 Å². The highest BCUT2D eigenvalue weighted by atomic mass is 15.1. The fraction of sp³-hybridized carbons (Fsp3) is 0.158. The van der Waals surface area contributed by atoms with E-state index < -0.39 is 0 Å². The molecule has 0 unspecified atom stereocenters. The highest BCUT2D eigenvalue weighted by Gasteiger charge is 2.15. The zero-order valence-electron chi connectivity index (χ0n) is 12.4. The average molecular weight is 285 g/mol. The van der Waals surface area contributed by atoms with Crippen LogP contribution in [-0.2, 0) is 6.42 Å². The topological polar surface area (TPSA) is 50.8 Å². The molecule has 0 N–H and O–H groups in total. The van der Waals surface area contributed by atoms with Crippen molar-refractivity contribution in [1.29, 1.82) is 10.5 Å². The number of hydrogen-bond acceptors (Lipinski definition) is 3. The average Bonchev–Trinajstić information content (AvgIpc) is 2.93. The molecule has 106 valence electrons. The van der Waals surface area contributed by atoms with E-state index >= 15 is 0 Å². The van der Waals surface area contributed by atoms with Gasteiger partial charge in [0.25, 0.3) is 0 Å². The third kappa shape index (κ3) is 2.57. The molecule has 0 spiro atoms. The number of nitrogens with zero attached hydrogens (tertiary/aromatic N) is 3. The lowest BCUT2D eigenvalue weighted by atomic mass is 10.0. The van der Waals surface area contributed by atoms with Crippen LogP contribution in [0.3, 0.4) is 0 Å². The molecule has 0 amide bonds. The molecule has 22 heavy (non-hydrogen) atoms. The number of rotatable bonds is 2. The lowest BCUT2D eigenvalue weighted by Crippen LogP contribution is -2.12. The van der Waals surface area contributed by atoms with Crippen LogP contribution in [0.5, 0.6) is 0 Å². The Balaban J connectivity index is 1.95. The maximum atomic E-state index is 9.41. The molecule has 3 rings (SSSR count). The molecule has 0 aliphatic carbocycles. The van der Waals surface area contributed by atoms with Crippen molar-refractivity contribution in [2.24, 2.45) is 0 Å². The van der Waals surface area contributed by atoms with Crippen molar-refractivity contribution >= 4 is 17.3 Å². The molecule has 1 heterocycles. The van der Waals surface area contributed by atoms with Gasteiger partial charge >= 0.3 is 0 Å². The fourth-order valence-electron chi connectivity index (χ4n) is 2.75. The van der Waals surface area contributed by atoms with E-state index in [-0.39, 0.29) is 0 Å². The predicted molar refractivity (Wildman–Crippen MR) is 88.1 cm³/mol. The van der Waals surface area contributed by atoms with Crippen LogP contribution in [0.25, 0.3) is 11.6 Å². The summed E-state index contributed by atoms with van der Waals surface area (Å²) >= 11 is 0. The van der Waals surface area contributed by atoms with Gasteiger partial charge in [-0.3, -0.25) is 0 Å². The molecule has 0 saturated carbocycles. The summed E-state index contributed by atoms with van der Waals surface area (Å²) in [5.41, 5.74) is 5.67. The van der Waals surface area contributed by atoms with Crippen LogP contribution in [-0.4, -0.2) is 13.6 Å². The maximum Gasteiger partial charge on any atom is 0.0998 e. The van der Waals surface area contributed by atoms with Gasteiger partial charge in [0, 0.05) is 19.3 Å². The lowest BCUT2D eigenvalue weighted by molar-refractivity contribution is 0.956. The van der Waals surface area contributed by atoms with Crippen molar-refractivity contribution in [2.45, 2.75) is 6.42 Å². The molecule has 0 fully saturated rings. The summed E-state index contributed by atoms with van der Waals surface area (Å²) in [6.45, 7) is 1.04. The van der Waals surface area contributed by atoms with Crippen molar-refractivity contribution < 1.29 is 0 Å². The minimum atomic E-state index is 0.599. The summed E-state index contributed by atoms with van der Waals surface area (Å²) in [6.07, 6.45) is 2.95. The molecular formula is C19H15N3. The second kappa shape index (κ2) is 5.76. The number of likely N-dealkylation sites (N-methyl/N-ethyl adjacent to an activating group) is 1. The number of nitriles is 2. The minimum Gasteiger partial charge on any atom is -0.374 e.